The number of hydrogen-bond acceptors (Lipinski definition) is 3. The van der Waals surface area contributed by atoms with Crippen LogP contribution in [0, 0.1) is 0 Å². The fraction of sp³-hybridized carbons (Fsp3) is 0.167. The normalized spacial score (nSPS) is 13.9. The molecule has 2 aromatic carbocycles. The van der Waals surface area contributed by atoms with Crippen LogP contribution in [0.25, 0.3) is 10.9 Å². The van der Waals surface area contributed by atoms with Crippen molar-refractivity contribution in [3.63, 3.8) is 0 Å². The molecule has 3 aromatic rings. The van der Waals surface area contributed by atoms with E-state index in [1.807, 2.05) is 12.1 Å². The van der Waals surface area contributed by atoms with Crippen molar-refractivity contribution in [3.8, 4) is 0 Å². The molecule has 0 atom stereocenters. The Morgan fingerprint density at radius 2 is 1.83 bits per heavy atom. The molecular weight excluding hydrogens is 326 g/mol. The van der Waals surface area contributed by atoms with Crippen LogP contribution < -0.4 is 11.0 Å². The highest BCUT2D eigenvalue weighted by Gasteiger charge is 2.30. The van der Waals surface area contributed by atoms with Crippen molar-refractivity contribution in [2.24, 2.45) is 0 Å². The molecule has 1 heterocycles. The van der Waals surface area contributed by atoms with Gasteiger partial charge < -0.3 is 0 Å². The van der Waals surface area contributed by atoms with Crippen LogP contribution in [0.3, 0.4) is 0 Å². The van der Waals surface area contributed by atoms with E-state index in [4.69, 9.17) is 11.6 Å². The van der Waals surface area contributed by atoms with Crippen LogP contribution in [0.1, 0.15) is 34.9 Å². The number of benzene rings is 2. The lowest BCUT2D eigenvalue weighted by atomic mass is 10.2. The van der Waals surface area contributed by atoms with Gasteiger partial charge in [-0.3, -0.25) is 15.0 Å². The third-order valence-corrected chi connectivity index (χ3v) is 4.32. The number of amides is 1. The van der Waals surface area contributed by atoms with E-state index in [0.717, 1.165) is 12.8 Å². The number of aromatic nitrogens is 2. The maximum atomic E-state index is 12.8. The lowest BCUT2D eigenvalue weighted by molar-refractivity contribution is 0.101. The molecule has 1 saturated carbocycles. The lowest BCUT2D eigenvalue weighted by Gasteiger charge is -2.14. The standard InChI is InChI=1S/C18H14ClN3O2/c19-13-9-7-12(8-10-13)17(23)21-22-16(11-5-6-11)20-15-4-2-1-3-14(15)18(22)24/h1-4,7-11H,5-6H2,(H,21,23). The summed E-state index contributed by atoms with van der Waals surface area (Å²) in [5.74, 6) is 0.460. The molecule has 0 bridgehead atoms. The van der Waals surface area contributed by atoms with Gasteiger partial charge in [0.25, 0.3) is 11.5 Å². The van der Waals surface area contributed by atoms with Gasteiger partial charge in [-0.1, -0.05) is 23.7 Å². The second kappa shape index (κ2) is 5.76. The van der Waals surface area contributed by atoms with E-state index >= 15 is 0 Å². The Morgan fingerprint density at radius 1 is 1.12 bits per heavy atom. The summed E-state index contributed by atoms with van der Waals surface area (Å²) >= 11 is 5.85. The van der Waals surface area contributed by atoms with Crippen molar-refractivity contribution >= 4 is 28.4 Å². The van der Waals surface area contributed by atoms with E-state index < -0.39 is 0 Å². The molecular formula is C18H14ClN3O2. The lowest BCUT2D eigenvalue weighted by Crippen LogP contribution is -2.36. The zero-order chi connectivity index (χ0) is 16.7. The number of nitrogens with zero attached hydrogens (tertiary/aromatic N) is 2. The van der Waals surface area contributed by atoms with Gasteiger partial charge in [-0.05, 0) is 49.2 Å². The Kier molecular flexibility index (Phi) is 3.58. The Hall–Kier alpha value is -2.66. The SMILES string of the molecule is O=C(Nn1c(C2CC2)nc2ccccc2c1=O)c1ccc(Cl)cc1. The molecule has 1 fully saturated rings. The van der Waals surface area contributed by atoms with E-state index in [2.05, 4.69) is 10.4 Å². The highest BCUT2D eigenvalue weighted by Crippen LogP contribution is 2.38. The quantitative estimate of drug-likeness (QED) is 0.796. The average molecular weight is 340 g/mol. The summed E-state index contributed by atoms with van der Waals surface area (Å²) in [5.41, 5.74) is 3.51. The first kappa shape index (κ1) is 14.9. The van der Waals surface area contributed by atoms with Gasteiger partial charge >= 0.3 is 0 Å². The number of hydrogen-bond donors (Lipinski definition) is 1. The van der Waals surface area contributed by atoms with Crippen molar-refractivity contribution in [1.29, 1.82) is 0 Å². The molecule has 24 heavy (non-hydrogen) atoms. The molecule has 6 heteroatoms. The first-order valence-electron chi connectivity index (χ1n) is 7.72. The minimum Gasteiger partial charge on any atom is -0.267 e. The second-order valence-electron chi connectivity index (χ2n) is 5.85. The minimum absolute atomic E-state index is 0.216. The van der Waals surface area contributed by atoms with Gasteiger partial charge in [-0.2, -0.15) is 0 Å². The van der Waals surface area contributed by atoms with Crippen molar-refractivity contribution < 1.29 is 4.79 Å². The maximum Gasteiger partial charge on any atom is 0.280 e. The molecule has 1 amide bonds. The third kappa shape index (κ3) is 2.67. The molecule has 0 unspecified atom stereocenters. The number of fused-ring (bicyclic) bond motifs is 1. The molecule has 4 rings (SSSR count). The monoisotopic (exact) mass is 339 g/mol. The van der Waals surface area contributed by atoms with Gasteiger partial charge in [0.05, 0.1) is 10.9 Å². The molecule has 1 aromatic heterocycles. The van der Waals surface area contributed by atoms with Crippen molar-refractivity contribution in [2.45, 2.75) is 18.8 Å². The van der Waals surface area contributed by atoms with Crippen molar-refractivity contribution in [2.75, 3.05) is 5.43 Å². The summed E-state index contributed by atoms with van der Waals surface area (Å²) in [6, 6.07) is 13.7. The van der Waals surface area contributed by atoms with Crippen LogP contribution in [-0.2, 0) is 0 Å². The van der Waals surface area contributed by atoms with E-state index in [1.165, 1.54) is 4.68 Å². The zero-order valence-corrected chi connectivity index (χ0v) is 13.5. The number of carbonyl (C=O) groups excluding carboxylic acids is 1. The highest BCUT2D eigenvalue weighted by atomic mass is 35.5. The number of carbonyl (C=O) groups is 1. The van der Waals surface area contributed by atoms with Gasteiger partial charge in [0, 0.05) is 16.5 Å². The molecule has 0 aliphatic heterocycles. The predicted molar refractivity (Wildman–Crippen MR) is 93.1 cm³/mol. The topological polar surface area (TPSA) is 64.0 Å². The van der Waals surface area contributed by atoms with E-state index in [-0.39, 0.29) is 17.4 Å². The maximum absolute atomic E-state index is 12.8. The molecule has 120 valence electrons. The Labute approximate surface area is 142 Å². The number of para-hydroxylation sites is 1. The van der Waals surface area contributed by atoms with Gasteiger partial charge in [0.1, 0.15) is 5.82 Å². The third-order valence-electron chi connectivity index (χ3n) is 4.06. The van der Waals surface area contributed by atoms with Gasteiger partial charge in [-0.25, -0.2) is 9.66 Å². The summed E-state index contributed by atoms with van der Waals surface area (Å²) in [5, 5.41) is 1.04. The van der Waals surface area contributed by atoms with Crippen LogP contribution in [0.5, 0.6) is 0 Å². The number of halogens is 1. The minimum atomic E-state index is -0.368. The molecule has 1 aliphatic carbocycles. The molecule has 0 saturated heterocycles. The van der Waals surface area contributed by atoms with E-state index in [0.29, 0.717) is 27.3 Å². The Balaban J connectivity index is 1.79. The van der Waals surface area contributed by atoms with Crippen LogP contribution in [0.4, 0.5) is 0 Å². The van der Waals surface area contributed by atoms with Crippen molar-refractivity contribution in [3.05, 3.63) is 75.3 Å². The van der Waals surface area contributed by atoms with Crippen LogP contribution >= 0.6 is 11.6 Å². The first-order valence-corrected chi connectivity index (χ1v) is 8.10. The number of rotatable bonds is 3. The summed E-state index contributed by atoms with van der Waals surface area (Å²) < 4.78 is 1.29. The molecule has 0 radical (unpaired) electrons. The first-order chi connectivity index (χ1) is 11.6. The zero-order valence-electron chi connectivity index (χ0n) is 12.7. The fourth-order valence-corrected chi connectivity index (χ4v) is 2.77. The Bertz CT molecular complexity index is 991. The largest absolute Gasteiger partial charge is 0.280 e. The molecule has 1 aliphatic rings. The summed E-state index contributed by atoms with van der Waals surface area (Å²) in [7, 11) is 0. The molecule has 5 nitrogen and oxygen atoms in total. The smallest absolute Gasteiger partial charge is 0.267 e. The van der Waals surface area contributed by atoms with E-state index in [9.17, 15) is 9.59 Å². The summed E-state index contributed by atoms with van der Waals surface area (Å²) in [6.45, 7) is 0. The predicted octanol–water partition coefficient (Wildman–Crippen LogP) is 3.31. The van der Waals surface area contributed by atoms with E-state index in [1.54, 1.807) is 36.4 Å². The van der Waals surface area contributed by atoms with Gasteiger partial charge in [-0.15, -0.1) is 0 Å². The van der Waals surface area contributed by atoms with Gasteiger partial charge in [0.15, 0.2) is 0 Å². The highest BCUT2D eigenvalue weighted by molar-refractivity contribution is 6.30. The molecule has 0 spiro atoms. The van der Waals surface area contributed by atoms with Crippen LogP contribution in [-0.4, -0.2) is 15.6 Å². The summed E-state index contributed by atoms with van der Waals surface area (Å²) in [4.78, 5) is 29.8. The van der Waals surface area contributed by atoms with Gasteiger partial charge in [0.2, 0.25) is 0 Å². The average Bonchev–Trinajstić information content (AvgIpc) is 3.43. The van der Waals surface area contributed by atoms with Crippen LogP contribution in [0.15, 0.2) is 53.3 Å². The second-order valence-corrected chi connectivity index (χ2v) is 6.29. The number of nitrogens with one attached hydrogen (secondary N) is 1. The molecule has 1 N–H and O–H groups in total. The summed E-state index contributed by atoms with van der Waals surface area (Å²) in [6.07, 6.45) is 1.95. The van der Waals surface area contributed by atoms with Crippen LogP contribution in [0.2, 0.25) is 5.02 Å². The van der Waals surface area contributed by atoms with Crippen molar-refractivity contribution in [1.82, 2.24) is 9.66 Å². The Morgan fingerprint density at radius 3 is 2.54 bits per heavy atom. The fourth-order valence-electron chi connectivity index (χ4n) is 2.64.